The summed E-state index contributed by atoms with van der Waals surface area (Å²) in [5, 5.41) is 5.76. The highest BCUT2D eigenvalue weighted by molar-refractivity contribution is 7.98. The molecule has 0 saturated carbocycles. The second-order valence-electron chi connectivity index (χ2n) is 7.03. The molecule has 1 fully saturated rings. The molecule has 1 aliphatic rings. The van der Waals surface area contributed by atoms with E-state index in [0.29, 0.717) is 0 Å². The van der Waals surface area contributed by atoms with Crippen LogP contribution >= 0.6 is 11.8 Å². The van der Waals surface area contributed by atoms with E-state index in [-0.39, 0.29) is 6.03 Å². The first-order valence-electron chi connectivity index (χ1n) is 9.64. The molecule has 0 aromatic heterocycles. The van der Waals surface area contributed by atoms with Gasteiger partial charge >= 0.3 is 6.03 Å². The number of hydrogen-bond donors (Lipinski definition) is 4. The Morgan fingerprint density at radius 2 is 1.41 bits per heavy atom. The molecule has 1 saturated heterocycles. The molecule has 0 aliphatic carbocycles. The summed E-state index contributed by atoms with van der Waals surface area (Å²) in [4.78, 5) is 16.7. The number of rotatable bonds is 6. The third-order valence-corrected chi connectivity index (χ3v) is 5.92. The first kappa shape index (κ1) is 19.7. The lowest BCUT2D eigenvalue weighted by atomic mass is 10.2. The number of carbonyl (C=O) groups is 1. The predicted octanol–water partition coefficient (Wildman–Crippen LogP) is 1.36. The molecular formula is C21H30N4OS+2. The van der Waals surface area contributed by atoms with Gasteiger partial charge in [-0.3, -0.25) is 0 Å². The van der Waals surface area contributed by atoms with E-state index in [4.69, 9.17) is 0 Å². The molecule has 2 aromatic rings. The van der Waals surface area contributed by atoms with E-state index in [1.807, 2.05) is 42.7 Å². The first-order valence-corrected chi connectivity index (χ1v) is 10.9. The van der Waals surface area contributed by atoms with Crippen molar-refractivity contribution in [1.82, 2.24) is 0 Å². The molecule has 144 valence electrons. The summed E-state index contributed by atoms with van der Waals surface area (Å²) in [5.41, 5.74) is 2.93. The number of urea groups is 1. The molecule has 2 amide bonds. The number of nitrogens with one attached hydrogen (secondary N) is 4. The van der Waals surface area contributed by atoms with Crippen LogP contribution in [0.5, 0.6) is 0 Å². The number of piperazine rings is 1. The quantitative estimate of drug-likeness (QED) is 0.567. The van der Waals surface area contributed by atoms with Crippen LogP contribution in [0.4, 0.5) is 16.2 Å². The average molecular weight is 387 g/mol. The molecule has 4 N–H and O–H groups in total. The van der Waals surface area contributed by atoms with Crippen LogP contribution in [-0.2, 0) is 6.54 Å². The Labute approximate surface area is 166 Å². The van der Waals surface area contributed by atoms with Gasteiger partial charge in [0.15, 0.2) is 0 Å². The molecule has 0 spiro atoms. The summed E-state index contributed by atoms with van der Waals surface area (Å²) in [6, 6.07) is 15.8. The second-order valence-corrected chi connectivity index (χ2v) is 7.91. The fourth-order valence-corrected chi connectivity index (χ4v) is 3.86. The molecular weight excluding hydrogens is 356 g/mol. The van der Waals surface area contributed by atoms with Crippen LogP contribution in [0.15, 0.2) is 53.4 Å². The van der Waals surface area contributed by atoms with Gasteiger partial charge in [0, 0.05) is 21.8 Å². The number of anilines is 2. The molecule has 6 heteroatoms. The van der Waals surface area contributed by atoms with Crippen LogP contribution in [0.25, 0.3) is 0 Å². The number of thioether (sulfide) groups is 1. The average Bonchev–Trinajstić information content (AvgIpc) is 2.70. The van der Waals surface area contributed by atoms with Crippen molar-refractivity contribution in [3.63, 3.8) is 0 Å². The molecule has 0 atom stereocenters. The van der Waals surface area contributed by atoms with Crippen molar-refractivity contribution in [3.8, 4) is 0 Å². The molecule has 5 nitrogen and oxygen atoms in total. The SMILES string of the molecule is CC[NH+]1CC[NH+](Cc2ccc(NC(=O)Nc3ccc(SC)cc3)cc2)CC1. The Hall–Kier alpha value is -2.02. The topological polar surface area (TPSA) is 50.0 Å². The van der Waals surface area contributed by atoms with Gasteiger partial charge in [-0.1, -0.05) is 12.1 Å². The van der Waals surface area contributed by atoms with Gasteiger partial charge < -0.3 is 20.4 Å². The summed E-state index contributed by atoms with van der Waals surface area (Å²) in [6.07, 6.45) is 2.03. The Morgan fingerprint density at radius 1 is 0.889 bits per heavy atom. The Bertz CT molecular complexity index is 725. The van der Waals surface area contributed by atoms with E-state index < -0.39 is 0 Å². The Morgan fingerprint density at radius 3 is 1.93 bits per heavy atom. The minimum Gasteiger partial charge on any atom is -0.326 e. The van der Waals surface area contributed by atoms with Crippen LogP contribution in [0.2, 0.25) is 0 Å². The third kappa shape index (κ3) is 5.99. The van der Waals surface area contributed by atoms with Crippen molar-refractivity contribution in [2.75, 3.05) is 49.6 Å². The lowest BCUT2D eigenvalue weighted by Gasteiger charge is -2.29. The molecule has 3 rings (SSSR count). The zero-order chi connectivity index (χ0) is 19.1. The van der Waals surface area contributed by atoms with Gasteiger partial charge in [0.05, 0.1) is 6.54 Å². The zero-order valence-electron chi connectivity index (χ0n) is 16.2. The Balaban J connectivity index is 1.47. The van der Waals surface area contributed by atoms with Crippen LogP contribution in [0.1, 0.15) is 12.5 Å². The van der Waals surface area contributed by atoms with Crippen molar-refractivity contribution in [2.45, 2.75) is 18.4 Å². The smallest absolute Gasteiger partial charge is 0.323 e. The van der Waals surface area contributed by atoms with Crippen molar-refractivity contribution < 1.29 is 14.6 Å². The van der Waals surface area contributed by atoms with Gasteiger partial charge in [-0.15, -0.1) is 11.8 Å². The highest BCUT2D eigenvalue weighted by atomic mass is 32.2. The van der Waals surface area contributed by atoms with E-state index in [0.717, 1.165) is 17.9 Å². The summed E-state index contributed by atoms with van der Waals surface area (Å²) in [5.74, 6) is 0. The molecule has 2 aromatic carbocycles. The fourth-order valence-electron chi connectivity index (χ4n) is 3.45. The standard InChI is InChI=1S/C21H28N4OS/c1-3-24-12-14-25(15-13-24)16-17-4-6-18(7-5-17)22-21(26)23-19-8-10-20(27-2)11-9-19/h4-11H,3,12-16H2,1-2H3,(H2,22,23,26)/p+2. The Kier molecular flexibility index (Phi) is 7.15. The van der Waals surface area contributed by atoms with Gasteiger partial charge in [0.25, 0.3) is 0 Å². The van der Waals surface area contributed by atoms with E-state index in [9.17, 15) is 4.79 Å². The van der Waals surface area contributed by atoms with Crippen molar-refractivity contribution in [3.05, 3.63) is 54.1 Å². The molecule has 1 heterocycles. The minimum atomic E-state index is -0.219. The summed E-state index contributed by atoms with van der Waals surface area (Å²) >= 11 is 1.68. The molecule has 0 unspecified atom stereocenters. The zero-order valence-corrected chi connectivity index (χ0v) is 17.0. The number of amides is 2. The summed E-state index contributed by atoms with van der Waals surface area (Å²) in [6.45, 7) is 9.57. The van der Waals surface area contributed by atoms with E-state index in [1.165, 1.54) is 43.2 Å². The van der Waals surface area contributed by atoms with Gasteiger partial charge in [-0.25, -0.2) is 4.79 Å². The lowest BCUT2D eigenvalue weighted by molar-refractivity contribution is -1.02. The number of hydrogen-bond acceptors (Lipinski definition) is 2. The van der Waals surface area contributed by atoms with Gasteiger partial charge in [0.2, 0.25) is 0 Å². The monoisotopic (exact) mass is 386 g/mol. The van der Waals surface area contributed by atoms with Crippen molar-refractivity contribution >= 4 is 29.2 Å². The second kappa shape index (κ2) is 9.78. The third-order valence-electron chi connectivity index (χ3n) is 5.18. The number of carbonyl (C=O) groups excluding carboxylic acids is 1. The molecule has 1 aliphatic heterocycles. The van der Waals surface area contributed by atoms with E-state index >= 15 is 0 Å². The van der Waals surface area contributed by atoms with Gasteiger partial charge in [0.1, 0.15) is 32.7 Å². The van der Waals surface area contributed by atoms with E-state index in [1.54, 1.807) is 21.6 Å². The predicted molar refractivity (Wildman–Crippen MR) is 113 cm³/mol. The highest BCUT2D eigenvalue weighted by Gasteiger charge is 2.21. The highest BCUT2D eigenvalue weighted by Crippen LogP contribution is 2.17. The largest absolute Gasteiger partial charge is 0.326 e. The van der Waals surface area contributed by atoms with Crippen LogP contribution in [0, 0.1) is 0 Å². The van der Waals surface area contributed by atoms with Crippen LogP contribution < -0.4 is 20.4 Å². The molecule has 0 radical (unpaired) electrons. The minimum absolute atomic E-state index is 0.219. The van der Waals surface area contributed by atoms with Crippen molar-refractivity contribution in [2.24, 2.45) is 0 Å². The molecule has 27 heavy (non-hydrogen) atoms. The lowest BCUT2D eigenvalue weighted by Crippen LogP contribution is -3.27. The maximum Gasteiger partial charge on any atom is 0.323 e. The van der Waals surface area contributed by atoms with Crippen LogP contribution in [0.3, 0.4) is 0 Å². The molecule has 0 bridgehead atoms. The van der Waals surface area contributed by atoms with Gasteiger partial charge in [-0.2, -0.15) is 0 Å². The fraction of sp³-hybridized carbons (Fsp3) is 0.381. The number of likely N-dealkylation sites (N-methyl/N-ethyl adjacent to an activating group) is 1. The summed E-state index contributed by atoms with van der Waals surface area (Å²) in [7, 11) is 0. The maximum atomic E-state index is 12.2. The maximum absolute atomic E-state index is 12.2. The van der Waals surface area contributed by atoms with Gasteiger partial charge in [-0.05, 0) is 49.6 Å². The summed E-state index contributed by atoms with van der Waals surface area (Å²) < 4.78 is 0. The number of benzene rings is 2. The van der Waals surface area contributed by atoms with E-state index in [2.05, 4.69) is 29.7 Å². The number of quaternary nitrogens is 2. The van der Waals surface area contributed by atoms with Crippen molar-refractivity contribution in [1.29, 1.82) is 0 Å². The normalized spacial score (nSPS) is 19.5. The van der Waals surface area contributed by atoms with Crippen LogP contribution in [-0.4, -0.2) is 45.0 Å². The first-order chi connectivity index (χ1) is 13.2.